The van der Waals surface area contributed by atoms with E-state index in [9.17, 15) is 9.90 Å². The van der Waals surface area contributed by atoms with E-state index in [2.05, 4.69) is 16.2 Å². The quantitative estimate of drug-likeness (QED) is 0.659. The first kappa shape index (κ1) is 18.5. The first-order valence-corrected chi connectivity index (χ1v) is 8.72. The van der Waals surface area contributed by atoms with Crippen LogP contribution in [0.1, 0.15) is 29.2 Å². The fourth-order valence-corrected chi connectivity index (χ4v) is 3.20. The summed E-state index contributed by atoms with van der Waals surface area (Å²) < 4.78 is 5.25. The van der Waals surface area contributed by atoms with Crippen LogP contribution in [0.15, 0.2) is 30.3 Å². The molecular formula is C19H22ClN3O3. The summed E-state index contributed by atoms with van der Waals surface area (Å²) in [4.78, 5) is 12.6. The van der Waals surface area contributed by atoms with Gasteiger partial charge in [-0.1, -0.05) is 17.7 Å². The first-order chi connectivity index (χ1) is 12.4. The average Bonchev–Trinajstić information content (AvgIpc) is 3.08. The second-order valence-corrected chi connectivity index (χ2v) is 6.90. The van der Waals surface area contributed by atoms with Gasteiger partial charge in [0.1, 0.15) is 17.5 Å². The molecule has 138 valence electrons. The second kappa shape index (κ2) is 7.53. The summed E-state index contributed by atoms with van der Waals surface area (Å²) in [6.45, 7) is 3.95. The standard InChI is InChI=1S/C19H22ClN3O3/c1-10-6-13(17(24)7-11(10)2)14-9-16(23-22-14)19(25)21-15-8-12(20)4-5-18(15)26-3/h4-8,14,16,22-24H,9H2,1-3H3,(H,21,25). The maximum atomic E-state index is 12.6. The summed E-state index contributed by atoms with van der Waals surface area (Å²) in [5.74, 6) is 0.561. The molecule has 1 aliphatic rings. The van der Waals surface area contributed by atoms with Gasteiger partial charge < -0.3 is 15.2 Å². The molecule has 2 unspecified atom stereocenters. The monoisotopic (exact) mass is 375 g/mol. The van der Waals surface area contributed by atoms with Crippen molar-refractivity contribution < 1.29 is 14.6 Å². The number of halogens is 1. The fourth-order valence-electron chi connectivity index (χ4n) is 3.03. The predicted molar refractivity (Wildman–Crippen MR) is 102 cm³/mol. The lowest BCUT2D eigenvalue weighted by molar-refractivity contribution is -0.117. The van der Waals surface area contributed by atoms with Crippen LogP contribution in [0.25, 0.3) is 0 Å². The van der Waals surface area contributed by atoms with E-state index in [0.717, 1.165) is 16.7 Å². The van der Waals surface area contributed by atoms with Crippen molar-refractivity contribution in [3.05, 3.63) is 52.0 Å². The molecule has 2 aromatic carbocycles. The van der Waals surface area contributed by atoms with Crippen molar-refractivity contribution >= 4 is 23.2 Å². The van der Waals surface area contributed by atoms with Gasteiger partial charge in [-0.2, -0.15) is 0 Å². The normalized spacial score (nSPS) is 19.4. The molecule has 3 rings (SSSR count). The van der Waals surface area contributed by atoms with Gasteiger partial charge in [-0.3, -0.25) is 4.79 Å². The Bertz CT molecular complexity index is 841. The van der Waals surface area contributed by atoms with Crippen molar-refractivity contribution in [1.29, 1.82) is 0 Å². The van der Waals surface area contributed by atoms with Crippen LogP contribution >= 0.6 is 11.6 Å². The SMILES string of the molecule is COc1ccc(Cl)cc1NC(=O)C1CC(c2cc(C)c(C)cc2O)NN1. The Morgan fingerprint density at radius 1 is 1.23 bits per heavy atom. The van der Waals surface area contributed by atoms with Crippen LogP contribution in [0.2, 0.25) is 5.02 Å². The van der Waals surface area contributed by atoms with Crippen molar-refractivity contribution in [2.75, 3.05) is 12.4 Å². The zero-order valence-electron chi connectivity index (χ0n) is 14.9. The number of phenols is 1. The number of hydrogen-bond donors (Lipinski definition) is 4. The first-order valence-electron chi connectivity index (χ1n) is 8.34. The van der Waals surface area contributed by atoms with Crippen LogP contribution in [0.3, 0.4) is 0 Å². The zero-order valence-corrected chi connectivity index (χ0v) is 15.6. The van der Waals surface area contributed by atoms with Crippen LogP contribution < -0.4 is 20.9 Å². The number of carbonyl (C=O) groups is 1. The highest BCUT2D eigenvalue weighted by atomic mass is 35.5. The number of aryl methyl sites for hydroxylation is 2. The Kier molecular flexibility index (Phi) is 5.36. The molecule has 1 saturated heterocycles. The van der Waals surface area contributed by atoms with Crippen molar-refractivity contribution in [2.45, 2.75) is 32.4 Å². The van der Waals surface area contributed by atoms with Crippen LogP contribution in [-0.2, 0) is 4.79 Å². The number of anilines is 1. The minimum absolute atomic E-state index is 0.161. The summed E-state index contributed by atoms with van der Waals surface area (Å²) >= 11 is 6.00. The lowest BCUT2D eigenvalue weighted by Gasteiger charge is -2.15. The third-order valence-corrected chi connectivity index (χ3v) is 4.89. The third kappa shape index (κ3) is 3.77. The van der Waals surface area contributed by atoms with E-state index in [1.54, 1.807) is 24.3 Å². The lowest BCUT2D eigenvalue weighted by atomic mass is 9.97. The van der Waals surface area contributed by atoms with Gasteiger partial charge in [0.2, 0.25) is 5.91 Å². The van der Waals surface area contributed by atoms with Crippen LogP contribution in [0, 0.1) is 13.8 Å². The number of carbonyl (C=O) groups excluding carboxylic acids is 1. The predicted octanol–water partition coefficient (Wildman–Crippen LogP) is 3.22. The van der Waals surface area contributed by atoms with E-state index in [0.29, 0.717) is 22.9 Å². The van der Waals surface area contributed by atoms with E-state index in [1.165, 1.54) is 7.11 Å². The number of amides is 1. The van der Waals surface area contributed by atoms with Crippen molar-refractivity contribution in [3.63, 3.8) is 0 Å². The summed E-state index contributed by atoms with van der Waals surface area (Å²) in [6, 6.07) is 8.13. The number of rotatable bonds is 4. The van der Waals surface area contributed by atoms with Gasteiger partial charge in [-0.15, -0.1) is 0 Å². The summed E-state index contributed by atoms with van der Waals surface area (Å²) in [6.07, 6.45) is 0.505. The molecule has 0 saturated carbocycles. The van der Waals surface area contributed by atoms with Crippen LogP contribution in [-0.4, -0.2) is 24.2 Å². The van der Waals surface area contributed by atoms with Gasteiger partial charge in [0.05, 0.1) is 18.8 Å². The number of phenolic OH excluding ortho intramolecular Hbond substituents is 1. The van der Waals surface area contributed by atoms with Crippen LogP contribution in [0.4, 0.5) is 5.69 Å². The molecule has 6 nitrogen and oxygen atoms in total. The highest BCUT2D eigenvalue weighted by Gasteiger charge is 2.32. The molecule has 1 amide bonds. The molecule has 0 aromatic heterocycles. The molecule has 1 heterocycles. The van der Waals surface area contributed by atoms with E-state index in [1.807, 2.05) is 19.9 Å². The second-order valence-electron chi connectivity index (χ2n) is 6.46. The zero-order chi connectivity index (χ0) is 18.8. The Labute approximate surface area is 157 Å². The molecule has 1 aliphatic heterocycles. The maximum Gasteiger partial charge on any atom is 0.243 e. The number of benzene rings is 2. The molecule has 26 heavy (non-hydrogen) atoms. The van der Waals surface area contributed by atoms with Gasteiger partial charge in [-0.25, -0.2) is 10.9 Å². The highest BCUT2D eigenvalue weighted by molar-refractivity contribution is 6.31. The molecule has 1 fully saturated rings. The Morgan fingerprint density at radius 3 is 2.69 bits per heavy atom. The van der Waals surface area contributed by atoms with E-state index < -0.39 is 6.04 Å². The molecule has 0 aliphatic carbocycles. The van der Waals surface area contributed by atoms with E-state index >= 15 is 0 Å². The number of ether oxygens (including phenoxy) is 1. The fraction of sp³-hybridized carbons (Fsp3) is 0.316. The van der Waals surface area contributed by atoms with E-state index in [-0.39, 0.29) is 17.7 Å². The number of hydrogen-bond acceptors (Lipinski definition) is 5. The number of aromatic hydroxyl groups is 1. The molecule has 2 atom stereocenters. The summed E-state index contributed by atoms with van der Waals surface area (Å²) in [7, 11) is 1.53. The van der Waals surface area contributed by atoms with E-state index in [4.69, 9.17) is 16.3 Å². The minimum atomic E-state index is -0.454. The van der Waals surface area contributed by atoms with Gasteiger partial charge >= 0.3 is 0 Å². The van der Waals surface area contributed by atoms with Crippen molar-refractivity contribution in [3.8, 4) is 11.5 Å². The lowest BCUT2D eigenvalue weighted by Crippen LogP contribution is -2.39. The van der Waals surface area contributed by atoms with Gasteiger partial charge in [-0.05, 0) is 55.7 Å². The minimum Gasteiger partial charge on any atom is -0.508 e. The number of nitrogens with one attached hydrogen (secondary N) is 3. The van der Waals surface area contributed by atoms with Crippen LogP contribution in [0.5, 0.6) is 11.5 Å². The largest absolute Gasteiger partial charge is 0.508 e. The van der Waals surface area contributed by atoms with Gasteiger partial charge in [0.15, 0.2) is 0 Å². The maximum absolute atomic E-state index is 12.6. The van der Waals surface area contributed by atoms with Gasteiger partial charge in [0.25, 0.3) is 0 Å². The Balaban J connectivity index is 1.72. The molecule has 7 heteroatoms. The average molecular weight is 376 g/mol. The number of hydrazine groups is 1. The summed E-state index contributed by atoms with van der Waals surface area (Å²) in [5.41, 5.74) is 9.49. The smallest absolute Gasteiger partial charge is 0.243 e. The Hall–Kier alpha value is -2.28. The molecule has 0 spiro atoms. The molecule has 0 radical (unpaired) electrons. The molecule has 2 aromatic rings. The topological polar surface area (TPSA) is 82.6 Å². The third-order valence-electron chi connectivity index (χ3n) is 4.66. The van der Waals surface area contributed by atoms with Gasteiger partial charge in [0, 0.05) is 10.6 Å². The van der Waals surface area contributed by atoms with Crippen molar-refractivity contribution in [1.82, 2.24) is 10.9 Å². The molecule has 4 N–H and O–H groups in total. The number of methoxy groups -OCH3 is 1. The highest BCUT2D eigenvalue weighted by Crippen LogP contribution is 2.33. The summed E-state index contributed by atoms with van der Waals surface area (Å²) in [5, 5.41) is 13.6. The Morgan fingerprint density at radius 2 is 1.96 bits per heavy atom. The molecule has 0 bridgehead atoms. The van der Waals surface area contributed by atoms with Crippen molar-refractivity contribution in [2.24, 2.45) is 0 Å². The molecular weight excluding hydrogens is 354 g/mol.